The largest absolute Gasteiger partial charge is 0.488 e. The highest BCUT2D eigenvalue weighted by molar-refractivity contribution is 14.1. The molecule has 0 bridgehead atoms. The van der Waals surface area contributed by atoms with Crippen molar-refractivity contribution < 1.29 is 9.47 Å². The average Bonchev–Trinajstić information content (AvgIpc) is 3.57. The molecule has 9 nitrogen and oxygen atoms in total. The number of anilines is 1. The van der Waals surface area contributed by atoms with Crippen molar-refractivity contribution in [2.45, 2.75) is 38.3 Å². The molecule has 3 aromatic heterocycles. The van der Waals surface area contributed by atoms with Gasteiger partial charge in [0.15, 0.2) is 0 Å². The maximum absolute atomic E-state index is 6.42. The van der Waals surface area contributed by atoms with Crippen LogP contribution in [0.1, 0.15) is 34.5 Å². The number of aryl methyl sites for hydroxylation is 1. The molecule has 0 unspecified atom stereocenters. The summed E-state index contributed by atoms with van der Waals surface area (Å²) in [6.07, 6.45) is 7.87. The van der Waals surface area contributed by atoms with Crippen molar-refractivity contribution in [3.05, 3.63) is 80.3 Å². The molecule has 0 amide bonds. The summed E-state index contributed by atoms with van der Waals surface area (Å²) in [6.45, 7) is 7.06. The SMILES string of the molecule is Cc1ncc(COc2cc(I)cc(Oc3ccc(-c4nc([C@H]5C[C@@H](N6CCN(C)CC6)C5)n5ccnc(N)c45)cc3)c2)s1. The number of hydrogen-bond donors (Lipinski definition) is 1. The summed E-state index contributed by atoms with van der Waals surface area (Å²) in [5, 5.41) is 1.03. The lowest BCUT2D eigenvalue weighted by Crippen LogP contribution is -2.52. The van der Waals surface area contributed by atoms with Crippen LogP contribution in [0.25, 0.3) is 16.8 Å². The van der Waals surface area contributed by atoms with E-state index in [1.54, 1.807) is 17.5 Å². The van der Waals surface area contributed by atoms with E-state index in [0.717, 1.165) is 92.3 Å². The number of piperazine rings is 1. The molecule has 0 spiro atoms. The van der Waals surface area contributed by atoms with Gasteiger partial charge in [0, 0.05) is 71.9 Å². The Bertz CT molecular complexity index is 1740. The van der Waals surface area contributed by atoms with Crippen LogP contribution >= 0.6 is 33.9 Å². The fraction of sp³-hybridized carbons (Fsp3) is 0.344. The number of likely N-dealkylation sites (N-methyl/N-ethyl adjacent to an activating group) is 1. The number of imidazole rings is 1. The standard InChI is InChI=1S/C32H34IN7O2S/c1-20-36-18-28(43-20)19-41-26-15-23(33)16-27(17-26)42-25-5-3-21(4-6-25)29-30-31(34)35-7-8-40(30)32(37-29)22-13-24(14-22)39-11-9-38(2)10-12-39/h3-8,15-18,22,24H,9-14,19H2,1-2H3,(H2,34,35)/t22-,24+. The Morgan fingerprint density at radius 2 is 1.77 bits per heavy atom. The number of fused-ring (bicyclic) bond motifs is 1. The summed E-state index contributed by atoms with van der Waals surface area (Å²) in [5.74, 6) is 4.19. The maximum atomic E-state index is 6.42. The molecule has 1 saturated carbocycles. The molecule has 5 aromatic rings. The number of nitrogens with two attached hydrogens (primary N) is 1. The number of benzene rings is 2. The highest BCUT2D eigenvalue weighted by atomic mass is 127. The van der Waals surface area contributed by atoms with E-state index in [2.05, 4.69) is 53.8 Å². The molecule has 2 aliphatic rings. The molecular weight excluding hydrogens is 673 g/mol. The average molecular weight is 708 g/mol. The van der Waals surface area contributed by atoms with Gasteiger partial charge in [-0.3, -0.25) is 9.30 Å². The lowest BCUT2D eigenvalue weighted by Gasteiger charge is -2.45. The summed E-state index contributed by atoms with van der Waals surface area (Å²) >= 11 is 3.92. The highest BCUT2D eigenvalue weighted by Gasteiger charge is 2.38. The van der Waals surface area contributed by atoms with Gasteiger partial charge in [0.25, 0.3) is 0 Å². The molecule has 0 radical (unpaired) electrons. The summed E-state index contributed by atoms with van der Waals surface area (Å²) in [4.78, 5) is 20.0. The van der Waals surface area contributed by atoms with Gasteiger partial charge in [0.1, 0.15) is 46.7 Å². The van der Waals surface area contributed by atoms with Crippen LogP contribution in [0.3, 0.4) is 0 Å². The summed E-state index contributed by atoms with van der Waals surface area (Å²) in [7, 11) is 2.21. The first-order chi connectivity index (χ1) is 20.9. The number of hydrogen-bond acceptors (Lipinski definition) is 9. The summed E-state index contributed by atoms with van der Waals surface area (Å²) in [5.41, 5.74) is 9.13. The molecule has 43 heavy (non-hydrogen) atoms. The molecule has 2 aromatic carbocycles. The molecule has 1 aliphatic carbocycles. The van der Waals surface area contributed by atoms with Crippen LogP contribution in [0, 0.1) is 10.5 Å². The van der Waals surface area contributed by atoms with Gasteiger partial charge < -0.3 is 20.1 Å². The van der Waals surface area contributed by atoms with Crippen LogP contribution in [-0.4, -0.2) is 68.4 Å². The Labute approximate surface area is 268 Å². The predicted octanol–water partition coefficient (Wildman–Crippen LogP) is 6.21. The second kappa shape index (κ2) is 12.0. The van der Waals surface area contributed by atoms with E-state index >= 15 is 0 Å². The van der Waals surface area contributed by atoms with Crippen molar-refractivity contribution in [2.24, 2.45) is 0 Å². The Kier molecular flexibility index (Phi) is 7.97. The normalized spacial score (nSPS) is 19.4. The first-order valence-electron chi connectivity index (χ1n) is 14.6. The van der Waals surface area contributed by atoms with Gasteiger partial charge >= 0.3 is 0 Å². The first-order valence-corrected chi connectivity index (χ1v) is 16.5. The van der Waals surface area contributed by atoms with E-state index in [9.17, 15) is 0 Å². The molecule has 1 aliphatic heterocycles. The lowest BCUT2D eigenvalue weighted by atomic mass is 9.78. The number of nitrogens with zero attached hydrogens (tertiary/aromatic N) is 6. The van der Waals surface area contributed by atoms with E-state index in [1.807, 2.05) is 61.8 Å². The third-order valence-electron chi connectivity index (χ3n) is 8.40. The second-order valence-electron chi connectivity index (χ2n) is 11.4. The van der Waals surface area contributed by atoms with Gasteiger partial charge in [0.05, 0.1) is 9.88 Å². The van der Waals surface area contributed by atoms with Crippen molar-refractivity contribution in [2.75, 3.05) is 39.0 Å². The maximum Gasteiger partial charge on any atom is 0.150 e. The molecular formula is C32H34IN7O2S. The Morgan fingerprint density at radius 1 is 1.00 bits per heavy atom. The van der Waals surface area contributed by atoms with E-state index in [-0.39, 0.29) is 0 Å². The summed E-state index contributed by atoms with van der Waals surface area (Å²) in [6, 6.07) is 14.6. The Balaban J connectivity index is 1.07. The zero-order valence-electron chi connectivity index (χ0n) is 24.2. The molecule has 7 rings (SSSR count). The van der Waals surface area contributed by atoms with E-state index in [1.165, 1.54) is 0 Å². The predicted molar refractivity (Wildman–Crippen MR) is 178 cm³/mol. The number of aromatic nitrogens is 4. The fourth-order valence-corrected chi connectivity index (χ4v) is 7.30. The third kappa shape index (κ3) is 6.08. The molecule has 2 N–H and O–H groups in total. The van der Waals surface area contributed by atoms with E-state index in [0.29, 0.717) is 24.4 Å². The van der Waals surface area contributed by atoms with Crippen LogP contribution in [0.5, 0.6) is 17.2 Å². The molecule has 1 saturated heterocycles. The van der Waals surface area contributed by atoms with Crippen LogP contribution in [-0.2, 0) is 6.61 Å². The van der Waals surface area contributed by atoms with Gasteiger partial charge in [-0.05, 0) is 85.8 Å². The molecule has 2 fully saturated rings. The van der Waals surface area contributed by atoms with Gasteiger partial charge in [-0.25, -0.2) is 15.0 Å². The van der Waals surface area contributed by atoms with E-state index in [4.69, 9.17) is 20.2 Å². The number of nitrogen functional groups attached to an aromatic ring is 1. The zero-order valence-corrected chi connectivity index (χ0v) is 27.2. The monoisotopic (exact) mass is 707 g/mol. The smallest absolute Gasteiger partial charge is 0.150 e. The number of rotatable bonds is 8. The van der Waals surface area contributed by atoms with Crippen molar-refractivity contribution >= 4 is 45.3 Å². The minimum atomic E-state index is 0.410. The fourth-order valence-electron chi connectivity index (χ4n) is 5.98. The summed E-state index contributed by atoms with van der Waals surface area (Å²) < 4.78 is 15.4. The van der Waals surface area contributed by atoms with Gasteiger partial charge in [0.2, 0.25) is 0 Å². The Hall–Kier alpha value is -3.26. The van der Waals surface area contributed by atoms with E-state index < -0.39 is 0 Å². The molecule has 222 valence electrons. The minimum absolute atomic E-state index is 0.410. The van der Waals surface area contributed by atoms with Crippen molar-refractivity contribution in [1.82, 2.24) is 29.2 Å². The topological polar surface area (TPSA) is 94.0 Å². The van der Waals surface area contributed by atoms with Gasteiger partial charge in [-0.15, -0.1) is 11.3 Å². The minimum Gasteiger partial charge on any atom is -0.488 e. The van der Waals surface area contributed by atoms with Crippen LogP contribution in [0.2, 0.25) is 0 Å². The molecule has 0 atom stereocenters. The van der Waals surface area contributed by atoms with Crippen LogP contribution in [0.15, 0.2) is 61.1 Å². The second-order valence-corrected chi connectivity index (χ2v) is 14.0. The number of ether oxygens (including phenoxy) is 2. The molecule has 11 heteroatoms. The van der Waals surface area contributed by atoms with Gasteiger partial charge in [-0.2, -0.15) is 0 Å². The number of thiazole rings is 1. The highest BCUT2D eigenvalue weighted by Crippen LogP contribution is 2.42. The van der Waals surface area contributed by atoms with Crippen LogP contribution < -0.4 is 15.2 Å². The van der Waals surface area contributed by atoms with Crippen molar-refractivity contribution in [3.63, 3.8) is 0 Å². The number of halogens is 1. The third-order valence-corrected chi connectivity index (χ3v) is 9.91. The van der Waals surface area contributed by atoms with Crippen LogP contribution in [0.4, 0.5) is 5.82 Å². The zero-order chi connectivity index (χ0) is 29.5. The molecule has 4 heterocycles. The first kappa shape index (κ1) is 28.5. The van der Waals surface area contributed by atoms with Gasteiger partial charge in [-0.1, -0.05) is 0 Å². The van der Waals surface area contributed by atoms with Crippen molar-refractivity contribution in [1.29, 1.82) is 0 Å². The van der Waals surface area contributed by atoms with Crippen molar-refractivity contribution in [3.8, 4) is 28.5 Å². The lowest BCUT2D eigenvalue weighted by molar-refractivity contribution is 0.0586. The Morgan fingerprint density at radius 3 is 2.51 bits per heavy atom. The quantitative estimate of drug-likeness (QED) is 0.190.